The Labute approximate surface area is 115 Å². The number of halogens is 1. The molecule has 1 unspecified atom stereocenters. The average Bonchev–Trinajstić information content (AvgIpc) is 2.31. The normalized spacial score (nSPS) is 24.1. The van der Waals surface area contributed by atoms with E-state index in [-0.39, 0.29) is 5.54 Å². The molecule has 3 nitrogen and oxygen atoms in total. The summed E-state index contributed by atoms with van der Waals surface area (Å²) in [7, 11) is 0. The summed E-state index contributed by atoms with van der Waals surface area (Å²) in [6, 6.07) is 2.60. The molecule has 0 saturated carbocycles. The van der Waals surface area contributed by atoms with Gasteiger partial charge < -0.3 is 5.32 Å². The zero-order valence-corrected chi connectivity index (χ0v) is 12.2. The summed E-state index contributed by atoms with van der Waals surface area (Å²) in [5.74, 6) is 0. The van der Waals surface area contributed by atoms with Crippen LogP contribution in [0, 0.1) is 0 Å². The van der Waals surface area contributed by atoms with Crippen LogP contribution < -0.4 is 5.32 Å². The van der Waals surface area contributed by atoms with Crippen LogP contribution in [0.15, 0.2) is 18.5 Å². The SMILES string of the molecule is CCC1CNC(C)(C)CN1Cc1ccncc1Cl. The molecule has 2 rings (SSSR count). The summed E-state index contributed by atoms with van der Waals surface area (Å²) in [6.45, 7) is 9.74. The third-order valence-corrected chi connectivity index (χ3v) is 3.97. The van der Waals surface area contributed by atoms with Crippen molar-refractivity contribution >= 4 is 11.6 Å². The lowest BCUT2D eigenvalue weighted by Crippen LogP contribution is -2.61. The lowest BCUT2D eigenvalue weighted by molar-refractivity contribution is 0.0858. The summed E-state index contributed by atoms with van der Waals surface area (Å²) in [5, 5.41) is 4.37. The van der Waals surface area contributed by atoms with Crippen molar-refractivity contribution in [1.82, 2.24) is 15.2 Å². The maximum atomic E-state index is 6.20. The summed E-state index contributed by atoms with van der Waals surface area (Å²) < 4.78 is 0. The van der Waals surface area contributed by atoms with Crippen LogP contribution in [0.5, 0.6) is 0 Å². The zero-order chi connectivity index (χ0) is 13.2. The van der Waals surface area contributed by atoms with E-state index in [1.54, 1.807) is 6.20 Å². The molecule has 0 bridgehead atoms. The van der Waals surface area contributed by atoms with Gasteiger partial charge in [0.1, 0.15) is 0 Å². The average molecular weight is 268 g/mol. The fourth-order valence-corrected chi connectivity index (χ4v) is 2.73. The minimum Gasteiger partial charge on any atom is -0.309 e. The zero-order valence-electron chi connectivity index (χ0n) is 11.4. The number of rotatable bonds is 3. The first-order chi connectivity index (χ1) is 8.52. The monoisotopic (exact) mass is 267 g/mol. The van der Waals surface area contributed by atoms with Gasteiger partial charge >= 0.3 is 0 Å². The topological polar surface area (TPSA) is 28.2 Å². The number of hydrogen-bond acceptors (Lipinski definition) is 3. The molecule has 100 valence electrons. The summed E-state index contributed by atoms with van der Waals surface area (Å²) in [5.41, 5.74) is 1.34. The second kappa shape index (κ2) is 5.55. The number of piperazine rings is 1. The van der Waals surface area contributed by atoms with Crippen molar-refractivity contribution in [3.63, 3.8) is 0 Å². The molecular formula is C14H22ClN3. The van der Waals surface area contributed by atoms with Crippen molar-refractivity contribution in [1.29, 1.82) is 0 Å². The van der Waals surface area contributed by atoms with Gasteiger partial charge in [-0.2, -0.15) is 0 Å². The first-order valence-corrected chi connectivity index (χ1v) is 6.97. The molecule has 0 amide bonds. The molecule has 0 radical (unpaired) electrons. The van der Waals surface area contributed by atoms with Crippen LogP contribution in [-0.4, -0.2) is 34.6 Å². The van der Waals surface area contributed by atoms with E-state index < -0.39 is 0 Å². The number of hydrogen-bond donors (Lipinski definition) is 1. The second-order valence-corrected chi connectivity index (χ2v) is 6.11. The van der Waals surface area contributed by atoms with Crippen molar-refractivity contribution in [3.8, 4) is 0 Å². The molecule has 0 aliphatic carbocycles. The quantitative estimate of drug-likeness (QED) is 0.913. The molecule has 1 fully saturated rings. The van der Waals surface area contributed by atoms with Crippen LogP contribution in [-0.2, 0) is 6.54 Å². The molecule has 18 heavy (non-hydrogen) atoms. The molecule has 1 atom stereocenters. The standard InChI is InChI=1S/C14H22ClN3/c1-4-12-7-17-14(2,3)10-18(12)9-11-5-6-16-8-13(11)15/h5-6,8,12,17H,4,7,9-10H2,1-3H3. The van der Waals surface area contributed by atoms with Crippen molar-refractivity contribution < 1.29 is 0 Å². The van der Waals surface area contributed by atoms with Gasteiger partial charge in [-0.1, -0.05) is 18.5 Å². The molecule has 1 aromatic rings. The maximum Gasteiger partial charge on any atom is 0.0634 e. The van der Waals surface area contributed by atoms with E-state index in [2.05, 4.69) is 36.0 Å². The maximum absolute atomic E-state index is 6.20. The van der Waals surface area contributed by atoms with Crippen molar-refractivity contribution in [2.75, 3.05) is 13.1 Å². The molecular weight excluding hydrogens is 246 g/mol. The molecule has 1 saturated heterocycles. The lowest BCUT2D eigenvalue weighted by atomic mass is 9.97. The Bertz CT molecular complexity index is 406. The predicted octanol–water partition coefficient (Wildman–Crippen LogP) is 2.70. The molecule has 0 aromatic carbocycles. The first-order valence-electron chi connectivity index (χ1n) is 6.59. The molecule has 4 heteroatoms. The van der Waals surface area contributed by atoms with Crippen LogP contribution in [0.2, 0.25) is 5.02 Å². The van der Waals surface area contributed by atoms with E-state index in [9.17, 15) is 0 Å². The van der Waals surface area contributed by atoms with E-state index in [0.717, 1.165) is 31.1 Å². The van der Waals surface area contributed by atoms with Crippen LogP contribution in [0.1, 0.15) is 32.8 Å². The fraction of sp³-hybridized carbons (Fsp3) is 0.643. The van der Waals surface area contributed by atoms with Crippen molar-refractivity contribution in [3.05, 3.63) is 29.0 Å². The van der Waals surface area contributed by atoms with Gasteiger partial charge in [0.25, 0.3) is 0 Å². The molecule has 1 N–H and O–H groups in total. The molecule has 1 aliphatic rings. The van der Waals surface area contributed by atoms with Crippen molar-refractivity contribution in [2.24, 2.45) is 0 Å². The highest BCUT2D eigenvalue weighted by Crippen LogP contribution is 2.22. The highest BCUT2D eigenvalue weighted by Gasteiger charge is 2.31. The summed E-state index contributed by atoms with van der Waals surface area (Å²) in [4.78, 5) is 6.57. The lowest BCUT2D eigenvalue weighted by Gasteiger charge is -2.44. The number of pyridine rings is 1. The second-order valence-electron chi connectivity index (χ2n) is 5.70. The Morgan fingerprint density at radius 1 is 1.56 bits per heavy atom. The van der Waals surface area contributed by atoms with Gasteiger partial charge in [-0.25, -0.2) is 0 Å². The van der Waals surface area contributed by atoms with Gasteiger partial charge in [-0.15, -0.1) is 0 Å². The Morgan fingerprint density at radius 3 is 3.00 bits per heavy atom. The number of aromatic nitrogens is 1. The Hall–Kier alpha value is -0.640. The summed E-state index contributed by atoms with van der Waals surface area (Å²) in [6.07, 6.45) is 4.70. The molecule has 1 aliphatic heterocycles. The van der Waals surface area contributed by atoms with E-state index in [0.29, 0.717) is 6.04 Å². The number of nitrogens with zero attached hydrogens (tertiary/aromatic N) is 2. The highest BCUT2D eigenvalue weighted by atomic mass is 35.5. The van der Waals surface area contributed by atoms with Gasteiger partial charge in [0, 0.05) is 43.6 Å². The number of nitrogens with one attached hydrogen (secondary N) is 1. The highest BCUT2D eigenvalue weighted by molar-refractivity contribution is 6.31. The third-order valence-electron chi connectivity index (χ3n) is 3.63. The van der Waals surface area contributed by atoms with Gasteiger partial charge in [-0.05, 0) is 31.9 Å². The van der Waals surface area contributed by atoms with Gasteiger partial charge in [0.15, 0.2) is 0 Å². The van der Waals surface area contributed by atoms with E-state index >= 15 is 0 Å². The fourth-order valence-electron chi connectivity index (χ4n) is 2.55. The first kappa shape index (κ1) is 13.8. The van der Waals surface area contributed by atoms with Crippen LogP contribution in [0.4, 0.5) is 0 Å². The van der Waals surface area contributed by atoms with E-state index in [1.807, 2.05) is 12.3 Å². The predicted molar refractivity (Wildman–Crippen MR) is 75.8 cm³/mol. The van der Waals surface area contributed by atoms with Gasteiger partial charge in [0.2, 0.25) is 0 Å². The minimum absolute atomic E-state index is 0.172. The van der Waals surface area contributed by atoms with Gasteiger partial charge in [0.05, 0.1) is 5.02 Å². The van der Waals surface area contributed by atoms with Crippen LogP contribution >= 0.6 is 11.6 Å². The molecule has 2 heterocycles. The van der Waals surface area contributed by atoms with Gasteiger partial charge in [-0.3, -0.25) is 9.88 Å². The smallest absolute Gasteiger partial charge is 0.0634 e. The summed E-state index contributed by atoms with van der Waals surface area (Å²) >= 11 is 6.20. The van der Waals surface area contributed by atoms with Crippen LogP contribution in [0.3, 0.4) is 0 Å². The Kier molecular flexibility index (Phi) is 4.25. The third kappa shape index (κ3) is 3.22. The van der Waals surface area contributed by atoms with E-state index in [1.165, 1.54) is 5.56 Å². The van der Waals surface area contributed by atoms with Crippen LogP contribution in [0.25, 0.3) is 0 Å². The minimum atomic E-state index is 0.172. The molecule has 0 spiro atoms. The Balaban J connectivity index is 2.12. The van der Waals surface area contributed by atoms with Crippen molar-refractivity contribution in [2.45, 2.75) is 45.3 Å². The Morgan fingerprint density at radius 2 is 2.33 bits per heavy atom. The largest absolute Gasteiger partial charge is 0.309 e. The van der Waals surface area contributed by atoms with E-state index in [4.69, 9.17) is 11.6 Å². The molecule has 1 aromatic heterocycles.